The number of nitrogens with zero attached hydrogens (tertiary/aromatic N) is 1. The number of carbonyl (C=O) groups is 1. The molecule has 1 atom stereocenters. The highest BCUT2D eigenvalue weighted by Crippen LogP contribution is 2.09. The number of aliphatic hydroxyl groups is 1. The highest BCUT2D eigenvalue weighted by atomic mass is 16.5. The lowest BCUT2D eigenvalue weighted by Gasteiger charge is -2.33. The van der Waals surface area contributed by atoms with Crippen molar-refractivity contribution in [3.63, 3.8) is 0 Å². The second kappa shape index (κ2) is 6.76. The Kier molecular flexibility index (Phi) is 5.60. The van der Waals surface area contributed by atoms with Gasteiger partial charge in [-0.15, -0.1) is 0 Å². The molecule has 1 fully saturated rings. The Balaban J connectivity index is 2.39. The van der Waals surface area contributed by atoms with Crippen molar-refractivity contribution in [2.24, 2.45) is 0 Å². The number of rotatable bonds is 5. The predicted octanol–water partition coefficient (Wildman–Crippen LogP) is -0.367. The van der Waals surface area contributed by atoms with Gasteiger partial charge in [0.05, 0.1) is 20.3 Å². The number of methoxy groups -OCH3 is 1. The van der Waals surface area contributed by atoms with E-state index in [-0.39, 0.29) is 18.6 Å². The Bertz CT molecular complexity index is 198. The van der Waals surface area contributed by atoms with Gasteiger partial charge in [0.25, 0.3) is 0 Å². The minimum Gasteiger partial charge on any atom is -0.468 e. The molecule has 0 saturated carbocycles. The number of carbonyl (C=O) groups excluding carboxylic acids is 1. The van der Waals surface area contributed by atoms with Gasteiger partial charge in [-0.25, -0.2) is 0 Å². The number of hydrogen-bond acceptors (Lipinski definition) is 5. The lowest BCUT2D eigenvalue weighted by Crippen LogP contribution is -2.50. The van der Waals surface area contributed by atoms with Gasteiger partial charge in [0.15, 0.2) is 0 Å². The van der Waals surface area contributed by atoms with Gasteiger partial charge in [-0.05, 0) is 19.4 Å². The van der Waals surface area contributed by atoms with Crippen LogP contribution >= 0.6 is 0 Å². The maximum atomic E-state index is 11.4. The molecule has 0 spiro atoms. The van der Waals surface area contributed by atoms with Gasteiger partial charge in [0, 0.05) is 13.2 Å². The Morgan fingerprint density at radius 3 is 3.07 bits per heavy atom. The van der Waals surface area contributed by atoms with Crippen LogP contribution in [0.1, 0.15) is 12.8 Å². The number of hydrogen-bond donors (Lipinski definition) is 1. The molecule has 1 aliphatic heterocycles. The molecule has 15 heavy (non-hydrogen) atoms. The van der Waals surface area contributed by atoms with Gasteiger partial charge in [-0.2, -0.15) is 0 Å². The smallest absolute Gasteiger partial charge is 0.325 e. The Morgan fingerprint density at radius 1 is 1.60 bits per heavy atom. The van der Waals surface area contributed by atoms with Gasteiger partial charge in [0.2, 0.25) is 0 Å². The normalized spacial score (nSPS) is 22.7. The zero-order valence-corrected chi connectivity index (χ0v) is 9.15. The molecule has 1 aliphatic rings. The van der Waals surface area contributed by atoms with Gasteiger partial charge in [-0.3, -0.25) is 9.69 Å². The van der Waals surface area contributed by atoms with E-state index in [1.165, 1.54) is 7.11 Å². The van der Waals surface area contributed by atoms with E-state index in [1.807, 2.05) is 0 Å². The molecular weight excluding hydrogens is 198 g/mol. The van der Waals surface area contributed by atoms with Crippen molar-refractivity contribution in [2.45, 2.75) is 18.9 Å². The van der Waals surface area contributed by atoms with Crippen LogP contribution in [0.2, 0.25) is 0 Å². The van der Waals surface area contributed by atoms with Gasteiger partial charge >= 0.3 is 5.97 Å². The van der Waals surface area contributed by atoms with Crippen molar-refractivity contribution < 1.29 is 19.4 Å². The maximum absolute atomic E-state index is 11.4. The van der Waals surface area contributed by atoms with Crippen molar-refractivity contribution in [3.8, 4) is 0 Å². The lowest BCUT2D eigenvalue weighted by molar-refractivity contribution is -0.153. The fraction of sp³-hybridized carbons (Fsp3) is 0.900. The molecule has 1 heterocycles. The first-order chi connectivity index (χ1) is 7.29. The second-order valence-electron chi connectivity index (χ2n) is 3.58. The van der Waals surface area contributed by atoms with Gasteiger partial charge in [-0.1, -0.05) is 0 Å². The molecule has 5 nitrogen and oxygen atoms in total. The van der Waals surface area contributed by atoms with Crippen LogP contribution in [0.25, 0.3) is 0 Å². The Labute approximate surface area is 90.0 Å². The lowest BCUT2D eigenvalue weighted by atomic mass is 10.2. The van der Waals surface area contributed by atoms with Crippen LogP contribution in [0.15, 0.2) is 0 Å². The van der Waals surface area contributed by atoms with E-state index in [2.05, 4.69) is 4.90 Å². The standard InChI is InChI=1S/C10H19NO4/c1-14-10(13)9-8-15-7-5-11(9)4-2-3-6-12/h9,12H,2-8H2,1H3. The number of aliphatic hydroxyl groups excluding tert-OH is 1. The number of ether oxygens (including phenoxy) is 2. The molecule has 0 amide bonds. The Hall–Kier alpha value is -0.650. The topological polar surface area (TPSA) is 59.0 Å². The SMILES string of the molecule is COC(=O)C1COCCN1CCCCO. The van der Waals surface area contributed by atoms with Crippen LogP contribution in [0.3, 0.4) is 0 Å². The minimum absolute atomic E-state index is 0.202. The van der Waals surface area contributed by atoms with Crippen LogP contribution in [-0.2, 0) is 14.3 Å². The average molecular weight is 217 g/mol. The van der Waals surface area contributed by atoms with E-state index in [1.54, 1.807) is 0 Å². The maximum Gasteiger partial charge on any atom is 0.325 e. The molecule has 0 aromatic carbocycles. The summed E-state index contributed by atoms with van der Waals surface area (Å²) in [6, 6.07) is -0.276. The summed E-state index contributed by atoms with van der Waals surface area (Å²) in [5.41, 5.74) is 0. The highest BCUT2D eigenvalue weighted by molar-refractivity contribution is 5.75. The van der Waals surface area contributed by atoms with Crippen molar-refractivity contribution in [1.82, 2.24) is 4.90 Å². The Morgan fingerprint density at radius 2 is 2.40 bits per heavy atom. The van der Waals surface area contributed by atoms with E-state index >= 15 is 0 Å². The number of unbranched alkanes of at least 4 members (excludes halogenated alkanes) is 1. The summed E-state index contributed by atoms with van der Waals surface area (Å²) in [5.74, 6) is -0.237. The van der Waals surface area contributed by atoms with E-state index in [0.29, 0.717) is 13.2 Å². The average Bonchev–Trinajstić information content (AvgIpc) is 2.29. The molecule has 1 rings (SSSR count). The quantitative estimate of drug-likeness (QED) is 0.503. The third-order valence-corrected chi connectivity index (χ3v) is 2.57. The molecule has 0 radical (unpaired) electrons. The molecule has 1 saturated heterocycles. The molecule has 88 valence electrons. The fourth-order valence-corrected chi connectivity index (χ4v) is 1.69. The molecule has 1 N–H and O–H groups in total. The van der Waals surface area contributed by atoms with E-state index in [4.69, 9.17) is 14.6 Å². The van der Waals surface area contributed by atoms with Crippen LogP contribution in [-0.4, -0.2) is 62.0 Å². The summed E-state index contributed by atoms with van der Waals surface area (Å²) in [7, 11) is 1.39. The van der Waals surface area contributed by atoms with E-state index in [9.17, 15) is 4.79 Å². The van der Waals surface area contributed by atoms with E-state index in [0.717, 1.165) is 25.9 Å². The van der Waals surface area contributed by atoms with Crippen molar-refractivity contribution in [2.75, 3.05) is 40.0 Å². The summed E-state index contributed by atoms with van der Waals surface area (Å²) in [5, 5.41) is 8.68. The monoisotopic (exact) mass is 217 g/mol. The van der Waals surface area contributed by atoms with E-state index < -0.39 is 0 Å². The zero-order valence-electron chi connectivity index (χ0n) is 9.15. The summed E-state index contributed by atoms with van der Waals surface area (Å²) in [4.78, 5) is 13.5. The molecule has 0 aromatic heterocycles. The van der Waals surface area contributed by atoms with Crippen LogP contribution in [0.5, 0.6) is 0 Å². The third-order valence-electron chi connectivity index (χ3n) is 2.57. The third kappa shape index (κ3) is 3.77. The van der Waals surface area contributed by atoms with Crippen molar-refractivity contribution in [1.29, 1.82) is 0 Å². The van der Waals surface area contributed by atoms with Gasteiger partial charge < -0.3 is 14.6 Å². The first-order valence-electron chi connectivity index (χ1n) is 5.30. The molecule has 0 bridgehead atoms. The van der Waals surface area contributed by atoms with Crippen molar-refractivity contribution in [3.05, 3.63) is 0 Å². The summed E-state index contributed by atoms with van der Waals surface area (Å²) >= 11 is 0. The first-order valence-corrected chi connectivity index (χ1v) is 5.30. The van der Waals surface area contributed by atoms with Crippen LogP contribution in [0.4, 0.5) is 0 Å². The number of morpholine rings is 1. The molecule has 1 unspecified atom stereocenters. The van der Waals surface area contributed by atoms with Crippen LogP contribution < -0.4 is 0 Å². The largest absolute Gasteiger partial charge is 0.468 e. The first kappa shape index (κ1) is 12.4. The predicted molar refractivity (Wildman–Crippen MR) is 54.5 cm³/mol. The molecule has 0 aliphatic carbocycles. The van der Waals surface area contributed by atoms with Gasteiger partial charge in [0.1, 0.15) is 6.04 Å². The second-order valence-corrected chi connectivity index (χ2v) is 3.58. The summed E-state index contributed by atoms with van der Waals surface area (Å²) in [6.07, 6.45) is 1.66. The van der Waals surface area contributed by atoms with Crippen LogP contribution in [0, 0.1) is 0 Å². The number of esters is 1. The summed E-state index contributed by atoms with van der Waals surface area (Å²) < 4.78 is 9.97. The fourth-order valence-electron chi connectivity index (χ4n) is 1.69. The molecule has 5 heteroatoms. The van der Waals surface area contributed by atoms with Crippen molar-refractivity contribution >= 4 is 5.97 Å². The molecular formula is C10H19NO4. The molecule has 0 aromatic rings. The summed E-state index contributed by atoms with van der Waals surface area (Å²) in [6.45, 7) is 2.83. The highest BCUT2D eigenvalue weighted by Gasteiger charge is 2.29. The zero-order chi connectivity index (χ0) is 11.1. The minimum atomic E-state index is -0.276.